The van der Waals surface area contributed by atoms with E-state index in [4.69, 9.17) is 4.74 Å². The van der Waals surface area contributed by atoms with E-state index in [9.17, 15) is 22.4 Å². The lowest BCUT2D eigenvalue weighted by Crippen LogP contribution is -2.45. The van der Waals surface area contributed by atoms with Crippen molar-refractivity contribution < 1.29 is 17.0 Å². The molecule has 0 aliphatic carbocycles. The van der Waals surface area contributed by atoms with E-state index in [2.05, 4.69) is 20.5 Å². The highest BCUT2D eigenvalue weighted by molar-refractivity contribution is 7.86. The third kappa shape index (κ3) is 4.15. The minimum atomic E-state index is -4.92. The average molecular weight is 545 g/mol. The van der Waals surface area contributed by atoms with E-state index in [1.165, 1.54) is 18.2 Å². The van der Waals surface area contributed by atoms with Gasteiger partial charge in [-0.3, -0.25) is 4.79 Å². The zero-order chi connectivity index (χ0) is 27.6. The molecular formula is C29H25FN4O4S. The number of benzene rings is 3. The monoisotopic (exact) mass is 544 g/mol. The van der Waals surface area contributed by atoms with Crippen LogP contribution in [0.3, 0.4) is 0 Å². The summed E-state index contributed by atoms with van der Waals surface area (Å²) < 4.78 is 45.4. The Morgan fingerprint density at radius 2 is 1.87 bits per heavy atom. The molecular weight excluding hydrogens is 519 g/mol. The van der Waals surface area contributed by atoms with Gasteiger partial charge in [0.15, 0.2) is 5.43 Å². The Morgan fingerprint density at radius 1 is 1.10 bits per heavy atom. The molecule has 0 unspecified atom stereocenters. The lowest BCUT2D eigenvalue weighted by atomic mass is 9.99. The third-order valence-corrected chi connectivity index (χ3v) is 7.99. The Kier molecular flexibility index (Phi) is 5.75. The number of hydrogen-bond acceptors (Lipinski definition) is 6. The summed E-state index contributed by atoms with van der Waals surface area (Å²) in [5.41, 5.74) is 3.30. The Labute approximate surface area is 224 Å². The van der Waals surface area contributed by atoms with Gasteiger partial charge in [-0.15, -0.1) is 3.89 Å². The second kappa shape index (κ2) is 8.93. The zero-order valence-corrected chi connectivity index (χ0v) is 22.3. The minimum Gasteiger partial charge on any atom is -0.490 e. The van der Waals surface area contributed by atoms with Crippen molar-refractivity contribution in [1.29, 1.82) is 5.26 Å². The maximum atomic E-state index is 14.0. The van der Waals surface area contributed by atoms with Crippen LogP contribution >= 0.6 is 0 Å². The molecule has 3 aromatic carbocycles. The smallest absolute Gasteiger partial charge is 0.332 e. The van der Waals surface area contributed by atoms with Gasteiger partial charge in [0.2, 0.25) is 0 Å². The Balaban J connectivity index is 1.74. The van der Waals surface area contributed by atoms with Crippen molar-refractivity contribution >= 4 is 43.1 Å². The summed E-state index contributed by atoms with van der Waals surface area (Å²) in [6, 6.07) is 16.6. The van der Waals surface area contributed by atoms with Crippen LogP contribution in [0.5, 0.6) is 5.75 Å². The van der Waals surface area contributed by atoms with Gasteiger partial charge >= 0.3 is 10.2 Å². The second-order valence-electron chi connectivity index (χ2n) is 10.3. The van der Waals surface area contributed by atoms with E-state index in [1.54, 1.807) is 30.3 Å². The fourth-order valence-electron chi connectivity index (χ4n) is 5.47. The number of aromatic amines is 1. The van der Waals surface area contributed by atoms with Gasteiger partial charge in [0.25, 0.3) is 0 Å². The van der Waals surface area contributed by atoms with Crippen molar-refractivity contribution in [2.45, 2.75) is 30.9 Å². The fourth-order valence-corrected chi connectivity index (χ4v) is 5.98. The van der Waals surface area contributed by atoms with E-state index in [0.29, 0.717) is 49.9 Å². The molecule has 8 nitrogen and oxygen atoms in total. The molecule has 1 saturated heterocycles. The van der Waals surface area contributed by atoms with Gasteiger partial charge in [-0.05, 0) is 62.9 Å². The van der Waals surface area contributed by atoms with E-state index in [1.807, 2.05) is 27.0 Å². The maximum absolute atomic E-state index is 14.0. The molecule has 1 aliphatic heterocycles. The van der Waals surface area contributed by atoms with E-state index >= 15 is 0 Å². The average Bonchev–Trinajstić information content (AvgIpc) is 3.25. The molecule has 39 heavy (non-hydrogen) atoms. The number of ether oxygens (including phenoxy) is 1. The molecule has 1 N–H and O–H groups in total. The maximum Gasteiger partial charge on any atom is 0.332 e. The molecule has 3 heterocycles. The predicted molar refractivity (Wildman–Crippen MR) is 148 cm³/mol. The summed E-state index contributed by atoms with van der Waals surface area (Å²) in [5.74, 6) is 0.395. The molecule has 0 radical (unpaired) electrons. The highest BCUT2D eigenvalue weighted by atomic mass is 32.3. The third-order valence-electron chi connectivity index (χ3n) is 7.18. The zero-order valence-electron chi connectivity index (χ0n) is 21.5. The molecule has 5 aromatic rings. The normalized spacial score (nSPS) is 14.8. The topological polar surface area (TPSA) is 108 Å². The van der Waals surface area contributed by atoms with Gasteiger partial charge in [-0.2, -0.15) is 13.7 Å². The number of nitrogens with one attached hydrogen (secondary N) is 1. The van der Waals surface area contributed by atoms with Crippen LogP contribution in [-0.4, -0.2) is 49.1 Å². The Bertz CT molecular complexity index is 2020. The number of H-pyrrole nitrogens is 1. The van der Waals surface area contributed by atoms with Crippen LogP contribution in [0.4, 0.5) is 3.89 Å². The summed E-state index contributed by atoms with van der Waals surface area (Å²) in [7, 11) is -2.90. The highest BCUT2D eigenvalue weighted by Gasteiger charge is 2.30. The van der Waals surface area contributed by atoms with Crippen LogP contribution < -0.4 is 10.2 Å². The molecule has 0 amide bonds. The van der Waals surface area contributed by atoms with E-state index in [0.717, 1.165) is 18.5 Å². The molecule has 0 saturated carbocycles. The quantitative estimate of drug-likeness (QED) is 0.308. The minimum absolute atomic E-state index is 0.0615. The van der Waals surface area contributed by atoms with Crippen LogP contribution in [0.2, 0.25) is 0 Å². The summed E-state index contributed by atoms with van der Waals surface area (Å²) in [5, 5.41) is 11.1. The molecule has 0 atom stereocenters. The van der Waals surface area contributed by atoms with Crippen molar-refractivity contribution in [3.63, 3.8) is 0 Å². The Morgan fingerprint density at radius 3 is 2.54 bits per heavy atom. The number of hydrogen-bond donors (Lipinski definition) is 1. The summed E-state index contributed by atoms with van der Waals surface area (Å²) >= 11 is 0. The van der Waals surface area contributed by atoms with Crippen molar-refractivity contribution in [3.05, 3.63) is 70.4 Å². The first-order valence-corrected chi connectivity index (χ1v) is 13.9. The number of likely N-dealkylation sites (tertiary alicyclic amines) is 1. The van der Waals surface area contributed by atoms with Crippen LogP contribution in [0, 0.1) is 11.3 Å². The summed E-state index contributed by atoms with van der Waals surface area (Å²) in [4.78, 5) is 19.1. The number of nitrogens with zero attached hydrogens (tertiary/aromatic N) is 3. The van der Waals surface area contributed by atoms with E-state index in [-0.39, 0.29) is 17.6 Å². The lowest BCUT2D eigenvalue weighted by molar-refractivity contribution is 0.146. The van der Waals surface area contributed by atoms with Gasteiger partial charge in [-0.1, -0.05) is 18.2 Å². The molecule has 1 aliphatic rings. The molecule has 0 bridgehead atoms. The molecule has 0 spiro atoms. The van der Waals surface area contributed by atoms with Crippen LogP contribution in [0.1, 0.15) is 25.5 Å². The number of pyridine rings is 1. The van der Waals surface area contributed by atoms with Crippen LogP contribution in [0.25, 0.3) is 44.0 Å². The molecule has 198 valence electrons. The molecule has 10 heteroatoms. The van der Waals surface area contributed by atoms with Gasteiger partial charge in [-0.25, -0.2) is 0 Å². The van der Waals surface area contributed by atoms with Crippen molar-refractivity contribution in [1.82, 2.24) is 14.5 Å². The number of likely N-dealkylation sites (N-methyl/N-ethyl adjacent to an activating group) is 1. The van der Waals surface area contributed by atoms with Crippen molar-refractivity contribution in [2.75, 3.05) is 20.1 Å². The molecule has 6 rings (SSSR count). The summed E-state index contributed by atoms with van der Waals surface area (Å²) in [6.45, 7) is 5.24. The molecule has 1 fully saturated rings. The van der Waals surface area contributed by atoms with Crippen LogP contribution in [-0.2, 0) is 10.2 Å². The summed E-state index contributed by atoms with van der Waals surface area (Å²) in [6.07, 6.45) is -0.238. The van der Waals surface area contributed by atoms with Crippen molar-refractivity contribution in [3.8, 4) is 22.9 Å². The number of rotatable bonds is 5. The van der Waals surface area contributed by atoms with E-state index < -0.39 is 15.1 Å². The number of aromatic nitrogens is 2. The Hall–Kier alpha value is -4.20. The predicted octanol–water partition coefficient (Wildman–Crippen LogP) is 5.11. The second-order valence-corrected chi connectivity index (χ2v) is 11.6. The van der Waals surface area contributed by atoms with Gasteiger partial charge < -0.3 is 19.2 Å². The van der Waals surface area contributed by atoms with Gasteiger partial charge in [0.05, 0.1) is 45.0 Å². The van der Waals surface area contributed by atoms with Gasteiger partial charge in [0, 0.05) is 29.6 Å². The standard InChI is InChI=1S/C29H25FN4O4S/c1-16(2)38-26-12-23-25(11-22(26)18-5-4-6-20(10-18)39(30,36)37)34(19-14-33(3)15-19)29-27(28(23)35)21-8-7-17(13-31)9-24(21)32-29/h4-12,16,19,32H,14-15H2,1-3H3. The molecule has 2 aromatic heterocycles. The number of fused-ring (bicyclic) bond motifs is 4. The highest BCUT2D eigenvalue weighted by Crippen LogP contribution is 2.39. The first-order chi connectivity index (χ1) is 18.5. The fraction of sp³-hybridized carbons (Fsp3) is 0.241. The lowest BCUT2D eigenvalue weighted by Gasteiger charge is -2.39. The first kappa shape index (κ1) is 25.1. The largest absolute Gasteiger partial charge is 0.490 e. The number of nitriles is 1. The van der Waals surface area contributed by atoms with Gasteiger partial charge in [0.1, 0.15) is 11.4 Å². The van der Waals surface area contributed by atoms with Crippen LogP contribution in [0.15, 0.2) is 64.3 Å². The number of halogens is 1. The SMILES string of the molecule is CC(C)Oc1cc2c(=O)c3c4ccc(C#N)cc4[nH]c3n(C3CN(C)C3)c2cc1-c1cccc(S(=O)(=O)F)c1. The van der Waals surface area contributed by atoms with Crippen molar-refractivity contribution in [2.24, 2.45) is 0 Å². The first-order valence-electron chi connectivity index (χ1n) is 12.5.